The van der Waals surface area contributed by atoms with Gasteiger partial charge in [0.1, 0.15) is 17.4 Å². The van der Waals surface area contributed by atoms with Gasteiger partial charge in [-0.25, -0.2) is 4.79 Å². The van der Waals surface area contributed by atoms with Crippen molar-refractivity contribution in [3.05, 3.63) is 65.7 Å². The number of carbonyl (C=O) groups excluding carboxylic acids is 2. The molecular weight excluding hydrogens is 430 g/mol. The lowest BCUT2D eigenvalue weighted by Gasteiger charge is -2.33. The van der Waals surface area contributed by atoms with E-state index < -0.39 is 17.7 Å². The molecule has 1 fully saturated rings. The van der Waals surface area contributed by atoms with Crippen molar-refractivity contribution in [2.24, 2.45) is 0 Å². The Morgan fingerprint density at radius 1 is 1.03 bits per heavy atom. The van der Waals surface area contributed by atoms with Crippen LogP contribution in [-0.2, 0) is 22.5 Å². The number of alkyl carbamates (subject to hydrolysis) is 1. The fourth-order valence-electron chi connectivity index (χ4n) is 4.08. The number of amides is 2. The number of benzene rings is 2. The lowest BCUT2D eigenvalue weighted by molar-refractivity contribution is -0.124. The maximum absolute atomic E-state index is 13.2. The first-order valence-corrected chi connectivity index (χ1v) is 11.9. The number of methoxy groups -OCH3 is 1. The Bertz CT molecular complexity index is 934. The van der Waals surface area contributed by atoms with Crippen LogP contribution in [0.4, 0.5) is 4.79 Å². The van der Waals surface area contributed by atoms with E-state index in [4.69, 9.17) is 9.47 Å². The number of hydrogen-bond donors (Lipinski definition) is 2. The zero-order chi connectivity index (χ0) is 24.6. The van der Waals surface area contributed by atoms with E-state index in [-0.39, 0.29) is 11.9 Å². The molecule has 1 aliphatic rings. The molecule has 184 valence electrons. The number of hydrogen-bond acceptors (Lipinski definition) is 5. The highest BCUT2D eigenvalue weighted by atomic mass is 16.6. The molecule has 2 amide bonds. The van der Waals surface area contributed by atoms with Crippen LogP contribution in [-0.4, -0.2) is 54.8 Å². The van der Waals surface area contributed by atoms with Crippen LogP contribution < -0.4 is 15.4 Å². The van der Waals surface area contributed by atoms with Crippen molar-refractivity contribution >= 4 is 12.0 Å². The predicted octanol–water partition coefficient (Wildman–Crippen LogP) is 3.91. The quantitative estimate of drug-likeness (QED) is 0.615. The van der Waals surface area contributed by atoms with E-state index in [9.17, 15) is 9.59 Å². The van der Waals surface area contributed by atoms with Gasteiger partial charge in [-0.1, -0.05) is 42.5 Å². The molecule has 0 saturated carbocycles. The van der Waals surface area contributed by atoms with Crippen LogP contribution in [0.2, 0.25) is 0 Å². The average molecular weight is 468 g/mol. The lowest BCUT2D eigenvalue weighted by atomic mass is 10.0. The molecule has 0 spiro atoms. The summed E-state index contributed by atoms with van der Waals surface area (Å²) in [7, 11) is 1.68. The van der Waals surface area contributed by atoms with Crippen LogP contribution in [0.25, 0.3) is 0 Å². The highest BCUT2D eigenvalue weighted by Crippen LogP contribution is 2.18. The zero-order valence-electron chi connectivity index (χ0n) is 20.7. The summed E-state index contributed by atoms with van der Waals surface area (Å²) >= 11 is 0. The molecule has 0 radical (unpaired) electrons. The molecule has 7 nitrogen and oxygen atoms in total. The van der Waals surface area contributed by atoms with Gasteiger partial charge in [0.05, 0.1) is 7.11 Å². The Kier molecular flexibility index (Phi) is 8.93. The molecule has 1 unspecified atom stereocenters. The van der Waals surface area contributed by atoms with Crippen LogP contribution in [0.1, 0.15) is 44.7 Å². The lowest BCUT2D eigenvalue weighted by Crippen LogP contribution is -2.53. The minimum atomic E-state index is -0.702. The number of piperidine rings is 1. The van der Waals surface area contributed by atoms with Gasteiger partial charge in [0.2, 0.25) is 5.91 Å². The molecule has 1 heterocycles. The minimum Gasteiger partial charge on any atom is -0.497 e. The van der Waals surface area contributed by atoms with Crippen molar-refractivity contribution in [3.63, 3.8) is 0 Å². The van der Waals surface area contributed by atoms with E-state index in [2.05, 4.69) is 27.7 Å². The van der Waals surface area contributed by atoms with Crippen LogP contribution in [0.3, 0.4) is 0 Å². The van der Waals surface area contributed by atoms with Gasteiger partial charge < -0.3 is 20.1 Å². The molecule has 1 atom stereocenters. The van der Waals surface area contributed by atoms with Crippen molar-refractivity contribution in [3.8, 4) is 5.75 Å². The summed E-state index contributed by atoms with van der Waals surface area (Å²) in [6, 6.07) is 17.2. The van der Waals surface area contributed by atoms with Crippen LogP contribution in [0.15, 0.2) is 54.6 Å². The fourth-order valence-corrected chi connectivity index (χ4v) is 4.08. The standard InChI is InChI=1S/C27H37N3O4/c1-27(2,3)34-26(32)29-24(18-20-9-6-5-7-10-20)25(31)28-22-13-15-30(16-14-22)19-21-11-8-12-23(17-21)33-4/h5-12,17,22,24H,13-16,18-19H2,1-4H3,(H,28,31)(H,29,32). The zero-order valence-corrected chi connectivity index (χ0v) is 20.7. The van der Waals surface area contributed by atoms with Gasteiger partial charge in [-0.3, -0.25) is 9.69 Å². The predicted molar refractivity (Wildman–Crippen MR) is 133 cm³/mol. The number of nitrogens with zero attached hydrogens (tertiary/aromatic N) is 1. The summed E-state index contributed by atoms with van der Waals surface area (Å²) in [5.74, 6) is 0.683. The summed E-state index contributed by atoms with van der Waals surface area (Å²) in [5, 5.41) is 5.92. The van der Waals surface area contributed by atoms with E-state index >= 15 is 0 Å². The molecule has 3 rings (SSSR count). The summed E-state index contributed by atoms with van der Waals surface area (Å²) in [6.07, 6.45) is 1.54. The van der Waals surface area contributed by atoms with Gasteiger partial charge >= 0.3 is 6.09 Å². The Morgan fingerprint density at radius 3 is 2.35 bits per heavy atom. The molecule has 2 N–H and O–H groups in total. The monoisotopic (exact) mass is 467 g/mol. The maximum Gasteiger partial charge on any atom is 0.408 e. The highest BCUT2D eigenvalue weighted by Gasteiger charge is 2.28. The molecule has 1 saturated heterocycles. The van der Waals surface area contributed by atoms with Gasteiger partial charge in [-0.05, 0) is 56.9 Å². The smallest absolute Gasteiger partial charge is 0.408 e. The number of ether oxygens (including phenoxy) is 2. The van der Waals surface area contributed by atoms with E-state index in [1.54, 1.807) is 27.9 Å². The van der Waals surface area contributed by atoms with Crippen molar-refractivity contribution in [1.82, 2.24) is 15.5 Å². The molecule has 34 heavy (non-hydrogen) atoms. The Hall–Kier alpha value is -3.06. The molecule has 2 aromatic rings. The fraction of sp³-hybridized carbons (Fsp3) is 0.481. The van der Waals surface area contributed by atoms with E-state index in [0.29, 0.717) is 6.42 Å². The van der Waals surface area contributed by atoms with Gasteiger partial charge in [-0.15, -0.1) is 0 Å². The largest absolute Gasteiger partial charge is 0.497 e. The average Bonchev–Trinajstić information content (AvgIpc) is 2.79. The van der Waals surface area contributed by atoms with E-state index in [0.717, 1.165) is 43.8 Å². The van der Waals surface area contributed by atoms with Crippen molar-refractivity contribution in [2.45, 2.75) is 64.3 Å². The molecule has 0 aliphatic carbocycles. The third-order valence-corrected chi connectivity index (χ3v) is 5.76. The van der Waals surface area contributed by atoms with E-state index in [1.807, 2.05) is 42.5 Å². The third kappa shape index (κ3) is 8.37. The Morgan fingerprint density at radius 2 is 1.71 bits per heavy atom. The highest BCUT2D eigenvalue weighted by molar-refractivity contribution is 5.86. The molecule has 0 aromatic heterocycles. The van der Waals surface area contributed by atoms with Crippen molar-refractivity contribution in [2.75, 3.05) is 20.2 Å². The van der Waals surface area contributed by atoms with Gasteiger partial charge in [0.25, 0.3) is 0 Å². The summed E-state index contributed by atoms with van der Waals surface area (Å²) in [4.78, 5) is 27.9. The van der Waals surface area contributed by atoms with Gasteiger partial charge in [0.15, 0.2) is 0 Å². The van der Waals surface area contributed by atoms with Gasteiger partial charge in [0, 0.05) is 32.1 Å². The number of nitrogens with one attached hydrogen (secondary N) is 2. The Labute approximate surface area is 202 Å². The summed E-state index contributed by atoms with van der Waals surface area (Å²) in [6.45, 7) is 8.05. The second kappa shape index (κ2) is 11.9. The minimum absolute atomic E-state index is 0.0766. The summed E-state index contributed by atoms with van der Waals surface area (Å²) in [5.41, 5.74) is 1.56. The normalized spacial score (nSPS) is 15.9. The molecule has 1 aliphatic heterocycles. The third-order valence-electron chi connectivity index (χ3n) is 5.76. The van der Waals surface area contributed by atoms with Crippen LogP contribution in [0, 0.1) is 0 Å². The second-order valence-corrected chi connectivity index (χ2v) is 9.80. The van der Waals surface area contributed by atoms with Gasteiger partial charge in [-0.2, -0.15) is 0 Å². The molecular formula is C27H37N3O4. The van der Waals surface area contributed by atoms with Crippen molar-refractivity contribution in [1.29, 1.82) is 0 Å². The first-order chi connectivity index (χ1) is 16.2. The van der Waals surface area contributed by atoms with E-state index in [1.165, 1.54) is 5.56 Å². The maximum atomic E-state index is 13.2. The molecule has 2 aromatic carbocycles. The Balaban J connectivity index is 1.55. The first-order valence-electron chi connectivity index (χ1n) is 11.9. The molecule has 7 heteroatoms. The topological polar surface area (TPSA) is 79.9 Å². The summed E-state index contributed by atoms with van der Waals surface area (Å²) < 4.78 is 10.7. The first kappa shape index (κ1) is 25.6. The van der Waals surface area contributed by atoms with Crippen LogP contribution >= 0.6 is 0 Å². The molecule has 0 bridgehead atoms. The van der Waals surface area contributed by atoms with Crippen LogP contribution in [0.5, 0.6) is 5.75 Å². The number of carbonyl (C=O) groups is 2. The number of rotatable bonds is 8. The number of likely N-dealkylation sites (tertiary alicyclic amines) is 1. The van der Waals surface area contributed by atoms with Crippen molar-refractivity contribution < 1.29 is 19.1 Å². The second-order valence-electron chi connectivity index (χ2n) is 9.80. The SMILES string of the molecule is COc1cccc(CN2CCC(NC(=O)C(Cc3ccccc3)NC(=O)OC(C)(C)C)CC2)c1.